The van der Waals surface area contributed by atoms with Crippen LogP contribution in [0.2, 0.25) is 0 Å². The van der Waals surface area contributed by atoms with Crippen LogP contribution >= 0.6 is 0 Å². The Morgan fingerprint density at radius 2 is 2.00 bits per heavy atom. The number of pyridine rings is 1. The Bertz CT molecular complexity index is 1100. The van der Waals surface area contributed by atoms with Crippen LogP contribution in [0.1, 0.15) is 24.4 Å². The lowest BCUT2D eigenvalue weighted by Crippen LogP contribution is -2.30. The number of nitrogens with one attached hydrogen (secondary N) is 1. The van der Waals surface area contributed by atoms with Gasteiger partial charge in [-0.25, -0.2) is 4.98 Å². The van der Waals surface area contributed by atoms with Crippen LogP contribution in [-0.4, -0.2) is 30.6 Å². The van der Waals surface area contributed by atoms with Crippen LogP contribution in [0.25, 0.3) is 23.0 Å². The largest absolute Gasteiger partial charge is 0.348 e. The maximum atomic E-state index is 12.5. The van der Waals surface area contributed by atoms with E-state index in [-0.39, 0.29) is 18.5 Å². The normalized spacial score (nSPS) is 11.9. The van der Waals surface area contributed by atoms with Gasteiger partial charge in [0.1, 0.15) is 18.1 Å². The summed E-state index contributed by atoms with van der Waals surface area (Å²) in [7, 11) is 0. The summed E-state index contributed by atoms with van der Waals surface area (Å²) in [6, 6.07) is 13.4. The molecule has 3 heterocycles. The lowest BCUT2D eigenvalue weighted by atomic mass is 10.1. The van der Waals surface area contributed by atoms with E-state index in [0.29, 0.717) is 23.2 Å². The predicted molar refractivity (Wildman–Crippen MR) is 106 cm³/mol. The summed E-state index contributed by atoms with van der Waals surface area (Å²) >= 11 is 0. The Hall–Kier alpha value is -3.81. The monoisotopic (exact) mass is 388 g/mol. The van der Waals surface area contributed by atoms with Crippen LogP contribution in [0.4, 0.5) is 0 Å². The first-order chi connectivity index (χ1) is 14.1. The quantitative estimate of drug-likeness (QED) is 0.545. The third-order valence-electron chi connectivity index (χ3n) is 4.53. The topological polar surface area (TPSA) is 98.7 Å². The number of nitrogens with zero attached hydrogens (tertiary/aromatic N) is 5. The van der Waals surface area contributed by atoms with Gasteiger partial charge in [0, 0.05) is 18.6 Å². The summed E-state index contributed by atoms with van der Waals surface area (Å²) in [5, 5.41) is 7.00. The summed E-state index contributed by atoms with van der Waals surface area (Å²) in [5.74, 6) is 1.33. The first-order valence-corrected chi connectivity index (χ1v) is 9.22. The van der Waals surface area contributed by atoms with Gasteiger partial charge in [0.15, 0.2) is 0 Å². The maximum Gasteiger partial charge on any atom is 0.259 e. The van der Waals surface area contributed by atoms with Crippen LogP contribution in [0, 0.1) is 6.92 Å². The number of aryl methyl sites for hydroxylation is 1. The molecule has 4 rings (SSSR count). The number of amides is 1. The fourth-order valence-corrected chi connectivity index (χ4v) is 2.98. The molecule has 8 nitrogen and oxygen atoms in total. The lowest BCUT2D eigenvalue weighted by Gasteiger charge is -2.14. The van der Waals surface area contributed by atoms with E-state index < -0.39 is 0 Å². The molecule has 1 N–H and O–H groups in total. The Labute approximate surface area is 167 Å². The number of rotatable bonds is 6. The van der Waals surface area contributed by atoms with E-state index in [1.54, 1.807) is 29.2 Å². The third kappa shape index (κ3) is 4.21. The second-order valence-corrected chi connectivity index (χ2v) is 6.67. The van der Waals surface area contributed by atoms with E-state index in [1.807, 2.05) is 50.2 Å². The van der Waals surface area contributed by atoms with Crippen LogP contribution in [0.3, 0.4) is 0 Å². The molecular formula is C21H20N6O2. The fraction of sp³-hybridized carbons (Fsp3) is 0.190. The molecule has 1 atom stereocenters. The summed E-state index contributed by atoms with van der Waals surface area (Å²) in [4.78, 5) is 25.4. The number of aromatic nitrogens is 5. The third-order valence-corrected chi connectivity index (χ3v) is 4.53. The van der Waals surface area contributed by atoms with E-state index in [0.717, 1.165) is 11.1 Å². The van der Waals surface area contributed by atoms with Gasteiger partial charge in [-0.1, -0.05) is 35.5 Å². The summed E-state index contributed by atoms with van der Waals surface area (Å²) < 4.78 is 7.07. The van der Waals surface area contributed by atoms with Gasteiger partial charge in [-0.3, -0.25) is 9.78 Å². The Morgan fingerprint density at radius 1 is 1.17 bits per heavy atom. The zero-order chi connectivity index (χ0) is 20.2. The van der Waals surface area contributed by atoms with Crippen molar-refractivity contribution in [2.45, 2.75) is 26.4 Å². The Morgan fingerprint density at radius 3 is 2.76 bits per heavy atom. The molecule has 0 saturated heterocycles. The average Bonchev–Trinajstić information content (AvgIpc) is 3.37. The molecule has 1 aromatic carbocycles. The Kier molecular flexibility index (Phi) is 5.15. The molecule has 0 radical (unpaired) electrons. The van der Waals surface area contributed by atoms with Gasteiger partial charge in [-0.15, -0.1) is 0 Å². The molecule has 3 aromatic heterocycles. The molecule has 146 valence electrons. The highest BCUT2D eigenvalue weighted by molar-refractivity contribution is 5.76. The first-order valence-electron chi connectivity index (χ1n) is 9.22. The second-order valence-electron chi connectivity index (χ2n) is 6.67. The molecule has 0 saturated carbocycles. The minimum atomic E-state index is -0.0995. The van der Waals surface area contributed by atoms with E-state index in [9.17, 15) is 4.79 Å². The predicted octanol–water partition coefficient (Wildman–Crippen LogP) is 3.18. The van der Waals surface area contributed by atoms with Gasteiger partial charge >= 0.3 is 0 Å². The van der Waals surface area contributed by atoms with Crippen molar-refractivity contribution in [3.8, 4) is 23.0 Å². The van der Waals surface area contributed by atoms with Gasteiger partial charge in [0.05, 0.1) is 11.6 Å². The van der Waals surface area contributed by atoms with Crippen molar-refractivity contribution >= 4 is 5.91 Å². The van der Waals surface area contributed by atoms with Crippen molar-refractivity contribution in [1.82, 2.24) is 30.0 Å². The molecule has 1 amide bonds. The minimum Gasteiger partial charge on any atom is -0.348 e. The fourth-order valence-electron chi connectivity index (χ4n) is 2.98. The molecule has 0 aliphatic carbocycles. The molecule has 0 aliphatic rings. The van der Waals surface area contributed by atoms with Crippen LogP contribution in [0.5, 0.6) is 0 Å². The van der Waals surface area contributed by atoms with Crippen molar-refractivity contribution in [1.29, 1.82) is 0 Å². The standard InChI is InChI=1S/C21H20N6O2/c1-14(16-7-4-3-5-8-16)23-19(28)13-27-12-18(24-15(27)2)20-25-21(29-26-20)17-9-6-10-22-11-17/h3-12,14H,13H2,1-2H3,(H,23,28)/t14-/m1/s1. The maximum absolute atomic E-state index is 12.5. The average molecular weight is 388 g/mol. The summed E-state index contributed by atoms with van der Waals surface area (Å²) in [5.41, 5.74) is 2.33. The number of carbonyl (C=O) groups excluding carboxylic acids is 1. The first kappa shape index (κ1) is 18.5. The molecule has 0 unspecified atom stereocenters. The van der Waals surface area contributed by atoms with Gasteiger partial charge in [0.2, 0.25) is 11.7 Å². The zero-order valence-corrected chi connectivity index (χ0v) is 16.1. The molecular weight excluding hydrogens is 368 g/mol. The minimum absolute atomic E-state index is 0.0776. The Balaban J connectivity index is 1.46. The molecule has 0 bridgehead atoms. The van der Waals surface area contributed by atoms with Crippen molar-refractivity contribution in [2.75, 3.05) is 0 Å². The SMILES string of the molecule is Cc1nc(-c2noc(-c3cccnc3)n2)cn1CC(=O)N[C@H](C)c1ccccc1. The van der Waals surface area contributed by atoms with Gasteiger partial charge < -0.3 is 14.4 Å². The van der Waals surface area contributed by atoms with Crippen molar-refractivity contribution in [3.63, 3.8) is 0 Å². The van der Waals surface area contributed by atoms with Gasteiger partial charge in [-0.2, -0.15) is 4.98 Å². The molecule has 8 heteroatoms. The van der Waals surface area contributed by atoms with E-state index in [4.69, 9.17) is 4.52 Å². The number of benzene rings is 1. The van der Waals surface area contributed by atoms with E-state index >= 15 is 0 Å². The summed E-state index contributed by atoms with van der Waals surface area (Å²) in [6.45, 7) is 3.95. The smallest absolute Gasteiger partial charge is 0.259 e. The van der Waals surface area contributed by atoms with E-state index in [2.05, 4.69) is 25.4 Å². The molecule has 4 aromatic rings. The van der Waals surface area contributed by atoms with Gasteiger partial charge in [0.25, 0.3) is 5.89 Å². The molecule has 0 fully saturated rings. The van der Waals surface area contributed by atoms with Crippen molar-refractivity contribution < 1.29 is 9.32 Å². The molecule has 0 spiro atoms. The van der Waals surface area contributed by atoms with Crippen molar-refractivity contribution in [2.24, 2.45) is 0 Å². The van der Waals surface area contributed by atoms with Gasteiger partial charge in [-0.05, 0) is 31.5 Å². The second kappa shape index (κ2) is 8.05. The highest BCUT2D eigenvalue weighted by Gasteiger charge is 2.16. The number of hydrogen-bond acceptors (Lipinski definition) is 6. The van der Waals surface area contributed by atoms with Crippen LogP contribution < -0.4 is 5.32 Å². The number of imidazole rings is 1. The highest BCUT2D eigenvalue weighted by atomic mass is 16.5. The van der Waals surface area contributed by atoms with Crippen molar-refractivity contribution in [3.05, 3.63) is 72.4 Å². The van der Waals surface area contributed by atoms with Crippen LogP contribution in [-0.2, 0) is 11.3 Å². The van der Waals surface area contributed by atoms with Crippen LogP contribution in [0.15, 0.2) is 65.6 Å². The molecule has 29 heavy (non-hydrogen) atoms. The lowest BCUT2D eigenvalue weighted by molar-refractivity contribution is -0.122. The molecule has 0 aliphatic heterocycles. The zero-order valence-electron chi connectivity index (χ0n) is 16.1. The highest BCUT2D eigenvalue weighted by Crippen LogP contribution is 2.21. The summed E-state index contributed by atoms with van der Waals surface area (Å²) in [6.07, 6.45) is 5.08. The number of carbonyl (C=O) groups is 1. The number of hydrogen-bond donors (Lipinski definition) is 1. The van der Waals surface area contributed by atoms with E-state index in [1.165, 1.54) is 0 Å².